The maximum atomic E-state index is 4.82. The molecule has 7 nitrogen and oxygen atoms in total. The average molecular weight is 403 g/mol. The molecule has 6 rings (SSSR count). The van der Waals surface area contributed by atoms with E-state index in [1.807, 2.05) is 48.5 Å². The van der Waals surface area contributed by atoms with Gasteiger partial charge in [0.15, 0.2) is 5.82 Å². The van der Waals surface area contributed by atoms with Gasteiger partial charge in [-0.1, -0.05) is 18.2 Å². The molecule has 6 aromatic rings. The van der Waals surface area contributed by atoms with Crippen LogP contribution < -0.4 is 5.32 Å². The second-order valence-electron chi connectivity index (χ2n) is 7.46. The quantitative estimate of drug-likeness (QED) is 0.424. The fraction of sp³-hybridized carbons (Fsp3) is 0.0417. The van der Waals surface area contributed by atoms with Crippen molar-refractivity contribution >= 4 is 44.3 Å². The predicted molar refractivity (Wildman–Crippen MR) is 122 cm³/mol. The first-order chi connectivity index (χ1) is 15.2. The molecule has 0 amide bonds. The van der Waals surface area contributed by atoms with Crippen molar-refractivity contribution in [3.05, 3.63) is 78.6 Å². The van der Waals surface area contributed by atoms with E-state index >= 15 is 0 Å². The molecule has 2 N–H and O–H groups in total. The molecular weight excluding hydrogens is 386 g/mol. The Morgan fingerprint density at radius 3 is 2.65 bits per heavy atom. The molecule has 0 saturated heterocycles. The van der Waals surface area contributed by atoms with Crippen molar-refractivity contribution in [3.8, 4) is 11.5 Å². The van der Waals surface area contributed by atoms with Gasteiger partial charge in [-0.3, -0.25) is 10.1 Å². The van der Waals surface area contributed by atoms with Gasteiger partial charge in [-0.25, -0.2) is 15.0 Å². The largest absolute Gasteiger partial charge is 0.340 e. The van der Waals surface area contributed by atoms with Crippen LogP contribution in [0, 0.1) is 6.92 Å². The number of rotatable bonds is 3. The maximum Gasteiger partial charge on any atom is 0.182 e. The summed E-state index contributed by atoms with van der Waals surface area (Å²) in [6.07, 6.45) is 3.53. The molecule has 3 aromatic carbocycles. The first-order valence-corrected chi connectivity index (χ1v) is 9.94. The number of para-hydroxylation sites is 2. The molecule has 0 aliphatic rings. The summed E-state index contributed by atoms with van der Waals surface area (Å²) < 4.78 is 0. The lowest BCUT2D eigenvalue weighted by Crippen LogP contribution is -2.01. The number of benzene rings is 3. The van der Waals surface area contributed by atoms with E-state index in [9.17, 15) is 0 Å². The van der Waals surface area contributed by atoms with Crippen molar-refractivity contribution in [1.82, 2.24) is 30.1 Å². The van der Waals surface area contributed by atoms with Crippen molar-refractivity contribution in [3.63, 3.8) is 0 Å². The van der Waals surface area contributed by atoms with E-state index in [1.54, 1.807) is 12.4 Å². The number of nitrogens with zero attached hydrogens (tertiary/aromatic N) is 5. The van der Waals surface area contributed by atoms with Crippen LogP contribution in [0.5, 0.6) is 0 Å². The van der Waals surface area contributed by atoms with Crippen LogP contribution >= 0.6 is 0 Å². The van der Waals surface area contributed by atoms with E-state index in [0.717, 1.165) is 49.9 Å². The number of anilines is 2. The Morgan fingerprint density at radius 2 is 1.71 bits per heavy atom. The maximum absolute atomic E-state index is 4.82. The van der Waals surface area contributed by atoms with E-state index in [1.165, 1.54) is 0 Å². The number of aromatic nitrogens is 6. The number of hydrogen-bond acceptors (Lipinski definition) is 6. The summed E-state index contributed by atoms with van der Waals surface area (Å²) in [5.74, 6) is 1.25. The number of nitrogens with one attached hydrogen (secondary N) is 2. The predicted octanol–water partition coefficient (Wildman–Crippen LogP) is 5.17. The highest BCUT2D eigenvalue weighted by molar-refractivity contribution is 5.93. The van der Waals surface area contributed by atoms with E-state index in [-0.39, 0.29) is 0 Å². The van der Waals surface area contributed by atoms with Gasteiger partial charge in [0.2, 0.25) is 0 Å². The number of aryl methyl sites for hydroxylation is 1. The molecule has 0 aliphatic carbocycles. The van der Waals surface area contributed by atoms with Gasteiger partial charge in [-0.15, -0.1) is 0 Å². The summed E-state index contributed by atoms with van der Waals surface area (Å²) in [5, 5.41) is 12.5. The molecule has 0 unspecified atom stereocenters. The molecular formula is C24H17N7. The molecule has 0 spiro atoms. The highest BCUT2D eigenvalue weighted by Crippen LogP contribution is 2.29. The normalized spacial score (nSPS) is 11.4. The van der Waals surface area contributed by atoms with Gasteiger partial charge in [-0.2, -0.15) is 5.10 Å². The molecule has 0 fully saturated rings. The molecule has 0 aliphatic heterocycles. The van der Waals surface area contributed by atoms with Crippen LogP contribution in [-0.2, 0) is 0 Å². The molecule has 0 atom stereocenters. The van der Waals surface area contributed by atoms with E-state index < -0.39 is 0 Å². The molecule has 3 aromatic heterocycles. The van der Waals surface area contributed by atoms with Gasteiger partial charge >= 0.3 is 0 Å². The second-order valence-corrected chi connectivity index (χ2v) is 7.46. The van der Waals surface area contributed by atoms with Crippen molar-refractivity contribution in [2.75, 3.05) is 5.32 Å². The minimum atomic E-state index is 0.531. The number of aromatic amines is 1. The Bertz CT molecular complexity index is 1590. The second kappa shape index (κ2) is 6.84. The minimum Gasteiger partial charge on any atom is -0.340 e. The summed E-state index contributed by atoms with van der Waals surface area (Å²) in [4.78, 5) is 18.9. The zero-order chi connectivity index (χ0) is 20.8. The third kappa shape index (κ3) is 3.12. The monoisotopic (exact) mass is 403 g/mol. The fourth-order valence-electron chi connectivity index (χ4n) is 3.67. The summed E-state index contributed by atoms with van der Waals surface area (Å²) in [6.45, 7) is 2.05. The third-order valence-electron chi connectivity index (χ3n) is 5.23. The van der Waals surface area contributed by atoms with E-state index in [0.29, 0.717) is 11.5 Å². The lowest BCUT2D eigenvalue weighted by atomic mass is 10.1. The third-order valence-corrected chi connectivity index (χ3v) is 5.23. The topological polar surface area (TPSA) is 92.3 Å². The van der Waals surface area contributed by atoms with Crippen molar-refractivity contribution < 1.29 is 0 Å². The zero-order valence-electron chi connectivity index (χ0n) is 16.7. The van der Waals surface area contributed by atoms with Crippen LogP contribution in [0.25, 0.3) is 44.4 Å². The van der Waals surface area contributed by atoms with Crippen LogP contribution in [0.4, 0.5) is 11.5 Å². The summed E-state index contributed by atoms with van der Waals surface area (Å²) >= 11 is 0. The molecule has 31 heavy (non-hydrogen) atoms. The smallest absolute Gasteiger partial charge is 0.182 e. The van der Waals surface area contributed by atoms with Gasteiger partial charge in [-0.05, 0) is 55.0 Å². The van der Waals surface area contributed by atoms with E-state index in [4.69, 9.17) is 15.0 Å². The van der Waals surface area contributed by atoms with Crippen LogP contribution in [0.15, 0.2) is 73.1 Å². The lowest BCUT2D eigenvalue weighted by molar-refractivity contribution is 1.12. The van der Waals surface area contributed by atoms with Crippen LogP contribution in [0.1, 0.15) is 5.56 Å². The molecule has 7 heteroatoms. The van der Waals surface area contributed by atoms with Crippen molar-refractivity contribution in [1.29, 1.82) is 0 Å². The zero-order valence-corrected chi connectivity index (χ0v) is 16.7. The number of fused-ring (bicyclic) bond motifs is 3. The Kier molecular flexibility index (Phi) is 3.86. The van der Waals surface area contributed by atoms with Crippen LogP contribution in [0.2, 0.25) is 0 Å². The average Bonchev–Trinajstić information content (AvgIpc) is 3.26. The highest BCUT2D eigenvalue weighted by Gasteiger charge is 2.13. The molecule has 0 saturated carbocycles. The molecule has 0 bridgehead atoms. The highest BCUT2D eigenvalue weighted by atomic mass is 15.1. The number of hydrogen-bond donors (Lipinski definition) is 2. The van der Waals surface area contributed by atoms with Gasteiger partial charge in [0.1, 0.15) is 11.5 Å². The Labute approximate surface area is 177 Å². The van der Waals surface area contributed by atoms with Crippen molar-refractivity contribution in [2.45, 2.75) is 6.92 Å². The summed E-state index contributed by atoms with van der Waals surface area (Å²) in [7, 11) is 0. The fourth-order valence-corrected chi connectivity index (χ4v) is 3.67. The molecule has 3 heterocycles. The van der Waals surface area contributed by atoms with E-state index in [2.05, 4.69) is 39.6 Å². The van der Waals surface area contributed by atoms with Gasteiger partial charge in [0.25, 0.3) is 0 Å². The summed E-state index contributed by atoms with van der Waals surface area (Å²) in [6, 6.07) is 20.0. The Morgan fingerprint density at radius 1 is 0.806 bits per heavy atom. The molecule has 148 valence electrons. The number of H-pyrrole nitrogens is 1. The van der Waals surface area contributed by atoms with Crippen LogP contribution in [-0.4, -0.2) is 30.1 Å². The Hall–Kier alpha value is -4.39. The standard InChI is InChI=1S/C24H17N7/c1-14-6-8-17-21(10-14)29-24(22-13-25-19-4-2-3-5-20(19)28-22)30-23(17)27-16-7-9-18-15(11-16)12-26-31-18/h2-13H,1H3,(H,26,31)(H,27,29,30). The SMILES string of the molecule is Cc1ccc2c(Nc3ccc4[nH]ncc4c3)nc(-c3cnc4ccccc4n3)nc2c1. The lowest BCUT2D eigenvalue weighted by Gasteiger charge is -2.12. The van der Waals surface area contributed by atoms with Gasteiger partial charge in [0, 0.05) is 16.5 Å². The summed E-state index contributed by atoms with van der Waals surface area (Å²) in [5.41, 5.74) is 6.18. The Balaban J connectivity index is 1.51. The minimum absolute atomic E-state index is 0.531. The first-order valence-electron chi connectivity index (χ1n) is 9.94. The first kappa shape index (κ1) is 17.5. The van der Waals surface area contributed by atoms with Crippen molar-refractivity contribution in [2.24, 2.45) is 0 Å². The van der Waals surface area contributed by atoms with Crippen LogP contribution in [0.3, 0.4) is 0 Å². The molecule has 0 radical (unpaired) electrons. The van der Waals surface area contributed by atoms with Gasteiger partial charge in [0.05, 0.1) is 34.5 Å². The van der Waals surface area contributed by atoms with Gasteiger partial charge < -0.3 is 5.32 Å².